The summed E-state index contributed by atoms with van der Waals surface area (Å²) >= 11 is 0. The van der Waals surface area contributed by atoms with Crippen LogP contribution in [0, 0.1) is 62.1 Å². The molecule has 2 aliphatic rings. The molecule has 0 spiro atoms. The van der Waals surface area contributed by atoms with Crippen molar-refractivity contribution in [3.63, 3.8) is 0 Å². The molecule has 1 atom stereocenters. The molecule has 106 valence electrons. The third-order valence-electron chi connectivity index (χ3n) is 4.66. The molecule has 0 aromatic heterocycles. The second kappa shape index (κ2) is 5.12. The van der Waals surface area contributed by atoms with Gasteiger partial charge in [-0.3, -0.25) is 0 Å². The van der Waals surface area contributed by atoms with Crippen molar-refractivity contribution in [2.75, 3.05) is 0 Å². The molecule has 0 radical (unpaired) electrons. The van der Waals surface area contributed by atoms with Gasteiger partial charge in [0.25, 0.3) is 0 Å². The Labute approximate surface area is 125 Å². The lowest BCUT2D eigenvalue weighted by atomic mass is 9.53. The van der Waals surface area contributed by atoms with E-state index in [1.165, 1.54) is 0 Å². The summed E-state index contributed by atoms with van der Waals surface area (Å²) in [6.07, 6.45) is 3.25. The van der Waals surface area contributed by atoms with Gasteiger partial charge >= 0.3 is 0 Å². The van der Waals surface area contributed by atoms with Gasteiger partial charge in [-0.1, -0.05) is 13.8 Å². The zero-order valence-corrected chi connectivity index (χ0v) is 12.3. The SMILES string of the molecule is CC(C)C1NC2=C(CCCC2)C(C#N)(C#N)C1(C#N)C#N. The lowest BCUT2D eigenvalue weighted by Crippen LogP contribution is -2.60. The van der Waals surface area contributed by atoms with E-state index in [0.717, 1.165) is 25.0 Å². The van der Waals surface area contributed by atoms with E-state index in [-0.39, 0.29) is 5.92 Å². The van der Waals surface area contributed by atoms with Crippen LogP contribution in [0.3, 0.4) is 0 Å². The highest BCUT2D eigenvalue weighted by Gasteiger charge is 2.64. The maximum absolute atomic E-state index is 9.74. The molecule has 0 aromatic carbocycles. The third kappa shape index (κ3) is 1.72. The summed E-state index contributed by atoms with van der Waals surface area (Å²) in [5.74, 6) is -0.0404. The summed E-state index contributed by atoms with van der Waals surface area (Å²) in [7, 11) is 0. The normalized spacial score (nSPS) is 25.6. The van der Waals surface area contributed by atoms with Gasteiger partial charge in [0.15, 0.2) is 10.8 Å². The maximum atomic E-state index is 9.74. The first-order valence-electron chi connectivity index (χ1n) is 7.17. The quantitative estimate of drug-likeness (QED) is 0.793. The van der Waals surface area contributed by atoms with Crippen molar-refractivity contribution in [3.05, 3.63) is 11.3 Å². The van der Waals surface area contributed by atoms with Crippen LogP contribution in [0.4, 0.5) is 0 Å². The average molecular weight is 279 g/mol. The predicted octanol–water partition coefficient (Wildman–Crippen LogP) is 2.51. The van der Waals surface area contributed by atoms with Crippen molar-refractivity contribution < 1.29 is 0 Å². The molecule has 2 rings (SSSR count). The molecule has 1 aliphatic carbocycles. The first-order chi connectivity index (χ1) is 10.0. The van der Waals surface area contributed by atoms with Crippen LogP contribution < -0.4 is 5.32 Å². The fourth-order valence-corrected chi connectivity index (χ4v) is 3.58. The highest BCUT2D eigenvalue weighted by atomic mass is 15.0. The fraction of sp³-hybridized carbons (Fsp3) is 0.625. The Hall–Kier alpha value is -2.50. The van der Waals surface area contributed by atoms with Gasteiger partial charge in [-0.15, -0.1) is 0 Å². The minimum atomic E-state index is -1.68. The van der Waals surface area contributed by atoms with E-state index < -0.39 is 16.9 Å². The van der Waals surface area contributed by atoms with Crippen LogP contribution in [0.1, 0.15) is 39.5 Å². The van der Waals surface area contributed by atoms with Crippen LogP contribution in [0.25, 0.3) is 0 Å². The Bertz CT molecular complexity index is 616. The van der Waals surface area contributed by atoms with Gasteiger partial charge in [0.1, 0.15) is 0 Å². The zero-order chi connectivity index (χ0) is 15.7. The van der Waals surface area contributed by atoms with Crippen LogP contribution >= 0.6 is 0 Å². The van der Waals surface area contributed by atoms with E-state index in [9.17, 15) is 21.0 Å². The maximum Gasteiger partial charge on any atom is 0.200 e. The van der Waals surface area contributed by atoms with E-state index in [2.05, 4.69) is 5.32 Å². The number of hydrogen-bond donors (Lipinski definition) is 1. The Morgan fingerprint density at radius 2 is 1.57 bits per heavy atom. The number of nitrogens with one attached hydrogen (secondary N) is 1. The van der Waals surface area contributed by atoms with Gasteiger partial charge < -0.3 is 5.32 Å². The van der Waals surface area contributed by atoms with Crippen LogP contribution in [0.2, 0.25) is 0 Å². The number of rotatable bonds is 1. The molecular weight excluding hydrogens is 262 g/mol. The third-order valence-corrected chi connectivity index (χ3v) is 4.66. The number of allylic oxidation sites excluding steroid dienone is 2. The van der Waals surface area contributed by atoms with Gasteiger partial charge in [-0.05, 0) is 37.2 Å². The molecule has 0 saturated carbocycles. The Morgan fingerprint density at radius 1 is 1.00 bits per heavy atom. The highest BCUT2D eigenvalue weighted by molar-refractivity contribution is 5.51. The molecule has 1 aliphatic heterocycles. The molecule has 0 aromatic rings. The molecule has 0 saturated heterocycles. The number of hydrogen-bond acceptors (Lipinski definition) is 5. The lowest BCUT2D eigenvalue weighted by Gasteiger charge is -2.48. The molecule has 1 unspecified atom stereocenters. The van der Waals surface area contributed by atoms with Crippen LogP contribution in [0.15, 0.2) is 11.3 Å². The molecule has 5 heteroatoms. The summed E-state index contributed by atoms with van der Waals surface area (Å²) in [5.41, 5.74) is -1.81. The van der Waals surface area contributed by atoms with Crippen LogP contribution in [0.5, 0.6) is 0 Å². The molecule has 21 heavy (non-hydrogen) atoms. The zero-order valence-electron chi connectivity index (χ0n) is 12.3. The van der Waals surface area contributed by atoms with Crippen molar-refractivity contribution in [2.45, 2.75) is 45.6 Å². The van der Waals surface area contributed by atoms with Gasteiger partial charge in [0, 0.05) is 5.70 Å². The van der Waals surface area contributed by atoms with Crippen molar-refractivity contribution in [3.8, 4) is 24.3 Å². The Balaban J connectivity index is 2.81. The lowest BCUT2D eigenvalue weighted by molar-refractivity contribution is 0.176. The van der Waals surface area contributed by atoms with Crippen molar-refractivity contribution in [1.82, 2.24) is 5.32 Å². The van der Waals surface area contributed by atoms with Gasteiger partial charge in [-0.2, -0.15) is 21.0 Å². The summed E-state index contributed by atoms with van der Waals surface area (Å²) in [5, 5.41) is 42.2. The van der Waals surface area contributed by atoms with Gasteiger partial charge in [-0.25, -0.2) is 0 Å². The molecule has 0 amide bonds. The first kappa shape index (κ1) is 14.9. The number of nitrogens with zero attached hydrogens (tertiary/aromatic N) is 4. The van der Waals surface area contributed by atoms with Gasteiger partial charge in [0.05, 0.1) is 30.3 Å². The first-order valence-corrected chi connectivity index (χ1v) is 7.17. The minimum Gasteiger partial charge on any atom is -0.383 e. The minimum absolute atomic E-state index is 0.0404. The second-order valence-corrected chi connectivity index (χ2v) is 6.04. The van der Waals surface area contributed by atoms with Crippen molar-refractivity contribution >= 4 is 0 Å². The molecule has 0 fully saturated rings. The average Bonchev–Trinajstić information content (AvgIpc) is 2.52. The highest BCUT2D eigenvalue weighted by Crippen LogP contribution is 2.54. The van der Waals surface area contributed by atoms with Crippen molar-refractivity contribution in [2.24, 2.45) is 16.7 Å². The standard InChI is InChI=1S/C16H17N5/c1-11(2)14-16(9-19,10-20)15(7-17,8-18)12-5-3-4-6-13(12)21-14/h11,14,21H,3-6H2,1-2H3. The molecule has 1 N–H and O–H groups in total. The van der Waals surface area contributed by atoms with Crippen LogP contribution in [-0.2, 0) is 0 Å². The summed E-state index contributed by atoms with van der Waals surface area (Å²) in [6.45, 7) is 3.80. The predicted molar refractivity (Wildman–Crippen MR) is 74.6 cm³/mol. The summed E-state index contributed by atoms with van der Waals surface area (Å²) in [6, 6.07) is 7.60. The largest absolute Gasteiger partial charge is 0.383 e. The van der Waals surface area contributed by atoms with E-state index in [4.69, 9.17) is 0 Å². The van der Waals surface area contributed by atoms with E-state index in [1.807, 2.05) is 38.1 Å². The summed E-state index contributed by atoms with van der Waals surface area (Å²) in [4.78, 5) is 0. The molecule has 1 heterocycles. The fourth-order valence-electron chi connectivity index (χ4n) is 3.58. The second-order valence-electron chi connectivity index (χ2n) is 6.04. The van der Waals surface area contributed by atoms with E-state index in [1.54, 1.807) is 0 Å². The van der Waals surface area contributed by atoms with Crippen LogP contribution in [-0.4, -0.2) is 6.04 Å². The Morgan fingerprint density at radius 3 is 2.05 bits per heavy atom. The van der Waals surface area contributed by atoms with E-state index in [0.29, 0.717) is 12.0 Å². The number of nitriles is 4. The van der Waals surface area contributed by atoms with E-state index >= 15 is 0 Å². The summed E-state index contributed by atoms with van der Waals surface area (Å²) < 4.78 is 0. The Kier molecular flexibility index (Phi) is 3.63. The molecule has 5 nitrogen and oxygen atoms in total. The topological polar surface area (TPSA) is 107 Å². The monoisotopic (exact) mass is 279 g/mol. The van der Waals surface area contributed by atoms with Gasteiger partial charge in [0.2, 0.25) is 0 Å². The molecule has 0 bridgehead atoms. The molecular formula is C16H17N5. The smallest absolute Gasteiger partial charge is 0.200 e. The van der Waals surface area contributed by atoms with Crippen molar-refractivity contribution in [1.29, 1.82) is 21.0 Å².